The first-order chi connectivity index (χ1) is 9.51. The van der Waals surface area contributed by atoms with Gasteiger partial charge in [0.25, 0.3) is 0 Å². The molecule has 2 amide bonds. The van der Waals surface area contributed by atoms with E-state index < -0.39 is 12.0 Å². The third-order valence-electron chi connectivity index (χ3n) is 4.46. The Kier molecular flexibility index (Phi) is 4.86. The van der Waals surface area contributed by atoms with E-state index in [4.69, 9.17) is 4.74 Å². The molecule has 0 aromatic rings. The first-order valence-electron chi connectivity index (χ1n) is 7.34. The van der Waals surface area contributed by atoms with Crippen molar-refractivity contribution in [2.24, 2.45) is 5.92 Å². The Morgan fingerprint density at radius 2 is 2.00 bits per heavy atom. The van der Waals surface area contributed by atoms with Gasteiger partial charge in [0.15, 0.2) is 0 Å². The molecule has 4 atom stereocenters. The van der Waals surface area contributed by atoms with Crippen LogP contribution < -0.4 is 5.32 Å². The number of likely N-dealkylation sites (tertiary alicyclic amines) is 1. The number of ether oxygens (including phenoxy) is 1. The summed E-state index contributed by atoms with van der Waals surface area (Å²) in [5, 5.41) is 12.2. The summed E-state index contributed by atoms with van der Waals surface area (Å²) in [5.41, 5.74) is 0. The van der Waals surface area contributed by atoms with Crippen LogP contribution in [0, 0.1) is 5.92 Å². The van der Waals surface area contributed by atoms with Crippen LogP contribution in [-0.2, 0) is 9.53 Å². The van der Waals surface area contributed by atoms with Gasteiger partial charge in [-0.15, -0.1) is 0 Å². The first kappa shape index (κ1) is 15.1. The van der Waals surface area contributed by atoms with Crippen LogP contribution in [0.2, 0.25) is 0 Å². The fraction of sp³-hybridized carbons (Fsp3) is 0.857. The van der Waals surface area contributed by atoms with E-state index >= 15 is 0 Å². The molecule has 0 aromatic heterocycles. The summed E-state index contributed by atoms with van der Waals surface area (Å²) in [6, 6.07) is -0.842. The number of carboxylic acid groups (broad SMARTS) is 1. The highest BCUT2D eigenvalue weighted by molar-refractivity contribution is 5.83. The normalized spacial score (nSPS) is 34.0. The third-order valence-corrected chi connectivity index (χ3v) is 4.46. The number of urea groups is 1. The van der Waals surface area contributed by atoms with Gasteiger partial charge in [0.1, 0.15) is 6.04 Å². The Labute approximate surface area is 119 Å². The minimum atomic E-state index is -0.909. The lowest BCUT2D eigenvalue weighted by molar-refractivity contribution is -0.143. The molecule has 114 valence electrons. The number of hydrogen-bond donors (Lipinski definition) is 2. The molecule has 2 rings (SSSR count). The summed E-state index contributed by atoms with van der Waals surface area (Å²) in [4.78, 5) is 25.1. The Morgan fingerprint density at radius 1 is 1.25 bits per heavy atom. The van der Waals surface area contributed by atoms with Crippen molar-refractivity contribution in [2.45, 2.75) is 57.2 Å². The minimum Gasteiger partial charge on any atom is -0.480 e. The molecule has 0 radical (unpaired) electrons. The second-order valence-corrected chi connectivity index (χ2v) is 5.99. The molecule has 0 bridgehead atoms. The molecule has 1 aliphatic heterocycles. The Balaban J connectivity index is 1.92. The number of aliphatic carboxylic acids is 1. The van der Waals surface area contributed by atoms with Gasteiger partial charge < -0.3 is 20.1 Å². The van der Waals surface area contributed by atoms with Gasteiger partial charge in [-0.1, -0.05) is 6.92 Å². The van der Waals surface area contributed by atoms with Crippen molar-refractivity contribution in [1.82, 2.24) is 10.2 Å². The molecule has 1 saturated heterocycles. The van der Waals surface area contributed by atoms with Crippen molar-refractivity contribution in [1.29, 1.82) is 0 Å². The summed E-state index contributed by atoms with van der Waals surface area (Å²) in [7, 11) is 1.68. The molecule has 1 saturated carbocycles. The maximum Gasteiger partial charge on any atom is 0.326 e. The van der Waals surface area contributed by atoms with Gasteiger partial charge in [-0.2, -0.15) is 0 Å². The Hall–Kier alpha value is -1.30. The summed E-state index contributed by atoms with van der Waals surface area (Å²) >= 11 is 0. The van der Waals surface area contributed by atoms with Gasteiger partial charge in [-0.05, 0) is 38.0 Å². The van der Waals surface area contributed by atoms with Gasteiger partial charge in [-0.25, -0.2) is 9.59 Å². The average molecular weight is 284 g/mol. The molecule has 2 fully saturated rings. The van der Waals surface area contributed by atoms with Crippen LogP contribution in [0.1, 0.15) is 39.0 Å². The lowest BCUT2D eigenvalue weighted by Gasteiger charge is -2.36. The molecular formula is C14H24N2O4. The fourth-order valence-electron chi connectivity index (χ4n) is 3.16. The van der Waals surface area contributed by atoms with Crippen LogP contribution in [0.3, 0.4) is 0 Å². The number of amides is 2. The summed E-state index contributed by atoms with van der Waals surface area (Å²) < 4.78 is 5.28. The highest BCUT2D eigenvalue weighted by atomic mass is 16.5. The van der Waals surface area contributed by atoms with E-state index in [1.54, 1.807) is 7.11 Å². The molecule has 0 spiro atoms. The molecule has 6 nitrogen and oxygen atoms in total. The largest absolute Gasteiger partial charge is 0.480 e. The second-order valence-electron chi connectivity index (χ2n) is 5.99. The maximum atomic E-state index is 12.3. The van der Waals surface area contributed by atoms with Crippen LogP contribution in [0.4, 0.5) is 4.79 Å². The standard InChI is InChI=1S/C14H24N2O4/c1-9-5-6-16(12(7-9)13(17)18)14(19)15-10-3-4-11(8-10)20-2/h9-12H,3-8H2,1-2H3,(H,15,19)(H,17,18). The van der Waals surface area contributed by atoms with Crippen LogP contribution in [0.5, 0.6) is 0 Å². The van der Waals surface area contributed by atoms with E-state index in [0.717, 1.165) is 25.7 Å². The number of carboxylic acids is 1. The third kappa shape index (κ3) is 3.42. The number of nitrogens with zero attached hydrogens (tertiary/aromatic N) is 1. The molecular weight excluding hydrogens is 260 g/mol. The van der Waals surface area contributed by atoms with Crippen LogP contribution in [0.25, 0.3) is 0 Å². The summed E-state index contributed by atoms with van der Waals surface area (Å²) in [6.07, 6.45) is 4.26. The predicted molar refractivity (Wildman–Crippen MR) is 73.5 cm³/mol. The molecule has 4 unspecified atom stereocenters. The molecule has 1 aliphatic carbocycles. The molecule has 20 heavy (non-hydrogen) atoms. The number of rotatable bonds is 3. The average Bonchev–Trinajstić information content (AvgIpc) is 2.86. The highest BCUT2D eigenvalue weighted by Crippen LogP contribution is 2.25. The van der Waals surface area contributed by atoms with Crippen LogP contribution >= 0.6 is 0 Å². The SMILES string of the molecule is COC1CCC(NC(=O)N2CCC(C)CC2C(=O)O)C1. The summed E-state index contributed by atoms with van der Waals surface area (Å²) in [6.45, 7) is 2.55. The van der Waals surface area contributed by atoms with Crippen LogP contribution in [-0.4, -0.2) is 53.8 Å². The van der Waals surface area contributed by atoms with Gasteiger partial charge in [0.2, 0.25) is 0 Å². The lowest BCUT2D eigenvalue weighted by atomic mass is 9.93. The smallest absolute Gasteiger partial charge is 0.326 e. The van der Waals surface area contributed by atoms with Gasteiger partial charge in [0, 0.05) is 19.7 Å². The predicted octanol–water partition coefficient (Wildman–Crippen LogP) is 1.45. The zero-order valence-corrected chi connectivity index (χ0v) is 12.2. The van der Waals surface area contributed by atoms with Gasteiger partial charge >= 0.3 is 12.0 Å². The molecule has 0 aromatic carbocycles. The highest BCUT2D eigenvalue weighted by Gasteiger charge is 2.36. The zero-order chi connectivity index (χ0) is 14.7. The van der Waals surface area contributed by atoms with Crippen molar-refractivity contribution in [3.63, 3.8) is 0 Å². The molecule has 6 heteroatoms. The minimum absolute atomic E-state index is 0.0984. The summed E-state index contributed by atoms with van der Waals surface area (Å²) in [5.74, 6) is -0.558. The number of methoxy groups -OCH3 is 1. The van der Waals surface area contributed by atoms with Crippen molar-refractivity contribution >= 4 is 12.0 Å². The van der Waals surface area contributed by atoms with Crippen LogP contribution in [0.15, 0.2) is 0 Å². The van der Waals surface area contributed by atoms with E-state index in [1.165, 1.54) is 4.90 Å². The Morgan fingerprint density at radius 3 is 2.60 bits per heavy atom. The molecule has 2 aliphatic rings. The monoisotopic (exact) mass is 284 g/mol. The first-order valence-corrected chi connectivity index (χ1v) is 7.34. The van der Waals surface area contributed by atoms with E-state index in [-0.39, 0.29) is 18.2 Å². The van der Waals surface area contributed by atoms with Gasteiger partial charge in [0.05, 0.1) is 6.10 Å². The fourth-order valence-corrected chi connectivity index (χ4v) is 3.16. The lowest BCUT2D eigenvalue weighted by Crippen LogP contribution is -2.54. The topological polar surface area (TPSA) is 78.9 Å². The van der Waals surface area contributed by atoms with Gasteiger partial charge in [-0.3, -0.25) is 0 Å². The zero-order valence-electron chi connectivity index (χ0n) is 12.2. The quantitative estimate of drug-likeness (QED) is 0.822. The number of carbonyl (C=O) groups excluding carboxylic acids is 1. The molecule has 2 N–H and O–H groups in total. The van der Waals surface area contributed by atoms with E-state index in [2.05, 4.69) is 5.32 Å². The number of nitrogens with one attached hydrogen (secondary N) is 1. The number of piperidine rings is 1. The maximum absolute atomic E-state index is 12.3. The Bertz CT molecular complexity index is 374. The second kappa shape index (κ2) is 6.43. The van der Waals surface area contributed by atoms with Crippen molar-refractivity contribution in [3.8, 4) is 0 Å². The number of carbonyl (C=O) groups is 2. The van der Waals surface area contributed by atoms with E-state index in [1.807, 2.05) is 6.92 Å². The molecule has 1 heterocycles. The van der Waals surface area contributed by atoms with E-state index in [9.17, 15) is 14.7 Å². The van der Waals surface area contributed by atoms with Crippen molar-refractivity contribution in [2.75, 3.05) is 13.7 Å². The number of hydrogen-bond acceptors (Lipinski definition) is 3. The van der Waals surface area contributed by atoms with Crippen molar-refractivity contribution < 1.29 is 19.4 Å². The van der Waals surface area contributed by atoms with Crippen molar-refractivity contribution in [3.05, 3.63) is 0 Å². The van der Waals surface area contributed by atoms with E-state index in [0.29, 0.717) is 18.9 Å².